The van der Waals surface area contributed by atoms with Crippen LogP contribution < -0.4 is 10.6 Å². The molecule has 0 aromatic heterocycles. The average molecular weight is 206 g/mol. The molecule has 1 aromatic rings. The van der Waals surface area contributed by atoms with E-state index < -0.39 is 6.09 Å². The number of nitrogens with two attached hydrogens (primary N) is 1. The molecule has 1 atom stereocenters. The first kappa shape index (κ1) is 9.83. The first-order valence-corrected chi connectivity index (χ1v) is 5.02. The summed E-state index contributed by atoms with van der Waals surface area (Å²) in [7, 11) is 0. The molecule has 80 valence electrons. The van der Waals surface area contributed by atoms with Crippen LogP contribution in [0.15, 0.2) is 30.3 Å². The van der Waals surface area contributed by atoms with Gasteiger partial charge in [-0.05, 0) is 12.1 Å². The number of carbonyl (C=O) groups is 1. The first-order valence-electron chi connectivity index (χ1n) is 5.02. The molecule has 1 aromatic carbocycles. The second kappa shape index (κ2) is 4.21. The summed E-state index contributed by atoms with van der Waals surface area (Å²) in [6.45, 7) is 1.63. The van der Waals surface area contributed by atoms with Crippen molar-refractivity contribution in [2.24, 2.45) is 5.73 Å². The van der Waals surface area contributed by atoms with Crippen LogP contribution in [0.25, 0.3) is 0 Å². The summed E-state index contributed by atoms with van der Waals surface area (Å²) in [4.78, 5) is 12.8. The zero-order valence-electron chi connectivity index (χ0n) is 8.43. The number of hydrogen-bond acceptors (Lipinski definition) is 3. The van der Waals surface area contributed by atoms with Crippen LogP contribution >= 0.6 is 0 Å². The quantitative estimate of drug-likeness (QED) is 0.794. The highest BCUT2D eigenvalue weighted by Gasteiger charge is 2.24. The zero-order valence-corrected chi connectivity index (χ0v) is 8.43. The number of carbonyl (C=O) groups excluding carboxylic acids is 1. The van der Waals surface area contributed by atoms with Gasteiger partial charge in [0.2, 0.25) is 0 Å². The van der Waals surface area contributed by atoms with E-state index in [1.807, 2.05) is 30.3 Å². The van der Waals surface area contributed by atoms with E-state index in [0.717, 1.165) is 25.2 Å². The lowest BCUT2D eigenvalue weighted by Gasteiger charge is -2.17. The Hall–Kier alpha value is -1.71. The number of hydrogen-bond donors (Lipinski definition) is 1. The van der Waals surface area contributed by atoms with E-state index in [4.69, 9.17) is 10.5 Å². The first-order chi connectivity index (χ1) is 7.25. The van der Waals surface area contributed by atoms with Gasteiger partial charge in [-0.15, -0.1) is 0 Å². The molecule has 2 N–H and O–H groups in total. The van der Waals surface area contributed by atoms with Crippen LogP contribution in [0.3, 0.4) is 0 Å². The van der Waals surface area contributed by atoms with Crippen molar-refractivity contribution in [2.45, 2.75) is 12.5 Å². The summed E-state index contributed by atoms with van der Waals surface area (Å²) in [5, 5.41) is 0. The maximum Gasteiger partial charge on any atom is 0.404 e. The Kier molecular flexibility index (Phi) is 2.76. The highest BCUT2D eigenvalue weighted by Crippen LogP contribution is 2.21. The van der Waals surface area contributed by atoms with Crippen LogP contribution in [0.5, 0.6) is 0 Å². The van der Waals surface area contributed by atoms with Crippen LogP contribution in [0, 0.1) is 0 Å². The molecule has 1 aliphatic heterocycles. The molecule has 1 unspecified atom stereocenters. The molecule has 0 aliphatic carbocycles. The molecular weight excluding hydrogens is 192 g/mol. The van der Waals surface area contributed by atoms with Crippen LogP contribution in [0.4, 0.5) is 10.5 Å². The Morgan fingerprint density at radius 2 is 2.13 bits per heavy atom. The topological polar surface area (TPSA) is 55.6 Å². The second-order valence-corrected chi connectivity index (χ2v) is 3.63. The number of nitrogens with zero attached hydrogens (tertiary/aromatic N) is 1. The summed E-state index contributed by atoms with van der Waals surface area (Å²) in [5.41, 5.74) is 6.14. The van der Waals surface area contributed by atoms with E-state index in [9.17, 15) is 4.79 Å². The van der Waals surface area contributed by atoms with Crippen molar-refractivity contribution in [1.29, 1.82) is 0 Å². The molecule has 0 saturated carbocycles. The van der Waals surface area contributed by atoms with Crippen LogP contribution in [0.2, 0.25) is 0 Å². The summed E-state index contributed by atoms with van der Waals surface area (Å²) in [5.74, 6) is 0. The predicted octanol–water partition coefficient (Wildman–Crippen LogP) is 1.36. The predicted molar refractivity (Wildman–Crippen MR) is 57.7 cm³/mol. The van der Waals surface area contributed by atoms with Gasteiger partial charge in [-0.3, -0.25) is 0 Å². The van der Waals surface area contributed by atoms with Crippen LogP contribution in [0.1, 0.15) is 6.42 Å². The minimum atomic E-state index is -0.685. The largest absolute Gasteiger partial charge is 0.444 e. The average Bonchev–Trinajstić information content (AvgIpc) is 2.67. The van der Waals surface area contributed by atoms with E-state index in [2.05, 4.69) is 4.90 Å². The number of amides is 1. The Morgan fingerprint density at radius 1 is 1.40 bits per heavy atom. The van der Waals surface area contributed by atoms with E-state index in [-0.39, 0.29) is 6.10 Å². The Bertz CT molecular complexity index is 340. The van der Waals surface area contributed by atoms with E-state index >= 15 is 0 Å². The van der Waals surface area contributed by atoms with E-state index in [1.54, 1.807) is 0 Å². The van der Waals surface area contributed by atoms with Gasteiger partial charge >= 0.3 is 6.09 Å². The van der Waals surface area contributed by atoms with Crippen molar-refractivity contribution in [3.8, 4) is 0 Å². The molecule has 1 fully saturated rings. The molecule has 1 heterocycles. The summed E-state index contributed by atoms with van der Waals surface area (Å²) < 4.78 is 4.96. The van der Waals surface area contributed by atoms with E-state index in [1.165, 1.54) is 0 Å². The molecule has 15 heavy (non-hydrogen) atoms. The fourth-order valence-corrected chi connectivity index (χ4v) is 1.86. The standard InChI is InChI=1S/C11H14N2O2/c12-11(14)15-10-6-7-13(8-10)9-4-2-1-3-5-9/h1-5,10H,6-8H2,(H2,12,14). The molecule has 2 rings (SSSR count). The van der Waals surface area contributed by atoms with Crippen LogP contribution in [-0.4, -0.2) is 25.3 Å². The number of anilines is 1. The van der Waals surface area contributed by atoms with Crippen molar-refractivity contribution in [2.75, 3.05) is 18.0 Å². The summed E-state index contributed by atoms with van der Waals surface area (Å²) >= 11 is 0. The van der Waals surface area contributed by atoms with Crippen molar-refractivity contribution in [3.63, 3.8) is 0 Å². The molecule has 4 nitrogen and oxygen atoms in total. The van der Waals surface area contributed by atoms with Gasteiger partial charge < -0.3 is 15.4 Å². The molecule has 1 aliphatic rings. The van der Waals surface area contributed by atoms with Crippen molar-refractivity contribution in [1.82, 2.24) is 0 Å². The molecule has 1 saturated heterocycles. The molecular formula is C11H14N2O2. The monoisotopic (exact) mass is 206 g/mol. The lowest BCUT2D eigenvalue weighted by atomic mass is 10.3. The molecule has 0 spiro atoms. The zero-order chi connectivity index (χ0) is 10.7. The van der Waals surface area contributed by atoms with Crippen molar-refractivity contribution >= 4 is 11.8 Å². The third-order valence-corrected chi connectivity index (χ3v) is 2.55. The number of rotatable bonds is 2. The fraction of sp³-hybridized carbons (Fsp3) is 0.364. The van der Waals surface area contributed by atoms with E-state index in [0.29, 0.717) is 0 Å². The molecule has 4 heteroatoms. The fourth-order valence-electron chi connectivity index (χ4n) is 1.86. The third kappa shape index (κ3) is 2.40. The Morgan fingerprint density at radius 3 is 2.80 bits per heavy atom. The maximum atomic E-state index is 10.6. The minimum Gasteiger partial charge on any atom is -0.444 e. The van der Waals surface area contributed by atoms with Crippen molar-refractivity contribution in [3.05, 3.63) is 30.3 Å². The number of para-hydroxylation sites is 1. The van der Waals surface area contributed by atoms with Gasteiger partial charge in [0.15, 0.2) is 0 Å². The number of benzene rings is 1. The maximum absolute atomic E-state index is 10.6. The minimum absolute atomic E-state index is 0.0669. The van der Waals surface area contributed by atoms with Gasteiger partial charge in [-0.1, -0.05) is 18.2 Å². The van der Waals surface area contributed by atoms with Gasteiger partial charge in [0, 0.05) is 18.7 Å². The van der Waals surface area contributed by atoms with Gasteiger partial charge in [0.05, 0.1) is 6.54 Å². The number of primary amides is 1. The smallest absolute Gasteiger partial charge is 0.404 e. The van der Waals surface area contributed by atoms with Gasteiger partial charge in [-0.25, -0.2) is 4.79 Å². The summed E-state index contributed by atoms with van der Waals surface area (Å²) in [6.07, 6.45) is 0.0929. The molecule has 0 radical (unpaired) electrons. The highest BCUT2D eigenvalue weighted by atomic mass is 16.6. The third-order valence-electron chi connectivity index (χ3n) is 2.55. The lowest BCUT2D eigenvalue weighted by Crippen LogP contribution is -2.26. The molecule has 1 amide bonds. The summed E-state index contributed by atoms with van der Waals surface area (Å²) in [6, 6.07) is 10.1. The molecule has 0 bridgehead atoms. The lowest BCUT2D eigenvalue weighted by molar-refractivity contribution is 0.117. The van der Waals surface area contributed by atoms with Gasteiger partial charge in [0.1, 0.15) is 6.10 Å². The SMILES string of the molecule is NC(=O)OC1CCN(c2ccccc2)C1. The highest BCUT2D eigenvalue weighted by molar-refractivity contribution is 5.65. The normalized spacial score (nSPS) is 20.3. The van der Waals surface area contributed by atoms with Crippen molar-refractivity contribution < 1.29 is 9.53 Å². The van der Waals surface area contributed by atoms with Gasteiger partial charge in [0.25, 0.3) is 0 Å². The second-order valence-electron chi connectivity index (χ2n) is 3.63. The Labute approximate surface area is 88.6 Å². The van der Waals surface area contributed by atoms with Crippen LogP contribution in [-0.2, 0) is 4.74 Å². The van der Waals surface area contributed by atoms with Gasteiger partial charge in [-0.2, -0.15) is 0 Å². The number of ether oxygens (including phenoxy) is 1. The Balaban J connectivity index is 1.96.